The predicted octanol–water partition coefficient (Wildman–Crippen LogP) is 2.02. The Morgan fingerprint density at radius 2 is 1.83 bits per heavy atom. The van der Waals surface area contributed by atoms with E-state index < -0.39 is 11.5 Å². The number of likely N-dealkylation sites (N-methyl/N-ethyl adjacent to an activating group) is 1. The minimum atomic E-state index is -1.17. The van der Waals surface area contributed by atoms with Gasteiger partial charge in [-0.05, 0) is 32.6 Å². The zero-order valence-corrected chi connectivity index (χ0v) is 11.8. The van der Waals surface area contributed by atoms with Gasteiger partial charge in [-0.1, -0.05) is 13.3 Å². The van der Waals surface area contributed by atoms with Crippen LogP contribution in [0.15, 0.2) is 0 Å². The summed E-state index contributed by atoms with van der Waals surface area (Å²) in [5.74, 6) is -0.284. The highest BCUT2D eigenvalue weighted by molar-refractivity contribution is 5.85. The van der Waals surface area contributed by atoms with Crippen molar-refractivity contribution in [1.29, 1.82) is 0 Å². The molecule has 2 amide bonds. The van der Waals surface area contributed by atoms with Crippen molar-refractivity contribution in [2.75, 3.05) is 20.1 Å². The molecule has 5 nitrogen and oxygen atoms in total. The van der Waals surface area contributed by atoms with Crippen LogP contribution in [0.2, 0.25) is 0 Å². The third kappa shape index (κ3) is 2.94. The first-order chi connectivity index (χ1) is 8.30. The number of carbonyl (C=O) groups excluding carboxylic acids is 1. The van der Waals surface area contributed by atoms with E-state index in [2.05, 4.69) is 6.92 Å². The Hall–Kier alpha value is -1.26. The number of urea groups is 1. The van der Waals surface area contributed by atoms with Gasteiger partial charge in [0.15, 0.2) is 0 Å². The highest BCUT2D eigenvalue weighted by Crippen LogP contribution is 2.22. The molecule has 0 radical (unpaired) electrons. The van der Waals surface area contributed by atoms with Crippen molar-refractivity contribution in [3.8, 4) is 0 Å². The number of likely N-dealkylation sites (tertiary alicyclic amines) is 1. The van der Waals surface area contributed by atoms with Gasteiger partial charge in [0.2, 0.25) is 0 Å². The molecule has 1 fully saturated rings. The van der Waals surface area contributed by atoms with Gasteiger partial charge in [-0.15, -0.1) is 0 Å². The second kappa shape index (κ2) is 5.59. The molecule has 0 atom stereocenters. The highest BCUT2D eigenvalue weighted by atomic mass is 16.4. The number of hydrogen-bond acceptors (Lipinski definition) is 2. The van der Waals surface area contributed by atoms with E-state index in [0.29, 0.717) is 5.92 Å². The second-order valence-corrected chi connectivity index (χ2v) is 5.54. The maximum absolute atomic E-state index is 12.2. The molecule has 1 rings (SSSR count). The van der Waals surface area contributed by atoms with Gasteiger partial charge in [0.05, 0.1) is 0 Å². The summed E-state index contributed by atoms with van der Waals surface area (Å²) in [5.41, 5.74) is -1.17. The van der Waals surface area contributed by atoms with E-state index in [1.165, 1.54) is 4.90 Å². The number of piperidine rings is 1. The fraction of sp³-hybridized carbons (Fsp3) is 0.846. The number of carbonyl (C=O) groups is 2. The molecule has 1 aliphatic rings. The Morgan fingerprint density at radius 1 is 1.33 bits per heavy atom. The monoisotopic (exact) mass is 256 g/mol. The van der Waals surface area contributed by atoms with Crippen molar-refractivity contribution in [2.24, 2.45) is 5.92 Å². The average Bonchev–Trinajstić information content (AvgIpc) is 2.36. The van der Waals surface area contributed by atoms with Crippen LogP contribution in [0.3, 0.4) is 0 Å². The lowest BCUT2D eigenvalue weighted by Crippen LogP contribution is -2.56. The van der Waals surface area contributed by atoms with Gasteiger partial charge in [-0.2, -0.15) is 0 Å². The van der Waals surface area contributed by atoms with E-state index in [0.717, 1.165) is 32.4 Å². The first-order valence-electron chi connectivity index (χ1n) is 6.56. The Morgan fingerprint density at radius 3 is 2.22 bits per heavy atom. The number of rotatable bonds is 3. The second-order valence-electron chi connectivity index (χ2n) is 5.54. The molecular formula is C13H24N2O3. The third-order valence-electron chi connectivity index (χ3n) is 4.11. The van der Waals surface area contributed by atoms with E-state index in [4.69, 9.17) is 5.11 Å². The van der Waals surface area contributed by atoms with Crippen LogP contribution in [0.5, 0.6) is 0 Å². The lowest BCUT2D eigenvalue weighted by Gasteiger charge is -2.38. The summed E-state index contributed by atoms with van der Waals surface area (Å²) in [6.07, 6.45) is 3.19. The van der Waals surface area contributed by atoms with Crippen LogP contribution < -0.4 is 0 Å². The molecule has 1 aliphatic heterocycles. The molecule has 0 aliphatic carbocycles. The van der Waals surface area contributed by atoms with Crippen molar-refractivity contribution >= 4 is 12.0 Å². The Balaban J connectivity index is 2.63. The SMILES string of the molecule is CCC1CCN(C(=O)N(C)C(C)(C)C(=O)O)CC1. The summed E-state index contributed by atoms with van der Waals surface area (Å²) >= 11 is 0. The van der Waals surface area contributed by atoms with Crippen molar-refractivity contribution < 1.29 is 14.7 Å². The van der Waals surface area contributed by atoms with Gasteiger partial charge in [0.1, 0.15) is 5.54 Å². The van der Waals surface area contributed by atoms with E-state index in [1.54, 1.807) is 25.8 Å². The fourth-order valence-electron chi connectivity index (χ4n) is 2.13. The Labute approximate surface area is 109 Å². The molecule has 0 aromatic rings. The lowest BCUT2D eigenvalue weighted by molar-refractivity contribution is -0.147. The first-order valence-corrected chi connectivity index (χ1v) is 6.56. The molecule has 0 aromatic heterocycles. The number of carboxylic acid groups (broad SMARTS) is 1. The summed E-state index contributed by atoms with van der Waals surface area (Å²) in [4.78, 5) is 26.5. The zero-order valence-electron chi connectivity index (χ0n) is 11.8. The number of amides is 2. The predicted molar refractivity (Wildman–Crippen MR) is 69.5 cm³/mol. The fourth-order valence-corrected chi connectivity index (χ4v) is 2.13. The molecular weight excluding hydrogens is 232 g/mol. The van der Waals surface area contributed by atoms with Crippen LogP contribution in [-0.2, 0) is 4.79 Å². The molecule has 1 N–H and O–H groups in total. The largest absolute Gasteiger partial charge is 0.480 e. The first kappa shape index (κ1) is 14.8. The van der Waals surface area contributed by atoms with Crippen molar-refractivity contribution in [2.45, 2.75) is 45.6 Å². The highest BCUT2D eigenvalue weighted by Gasteiger charge is 2.37. The van der Waals surface area contributed by atoms with Gasteiger partial charge in [0, 0.05) is 20.1 Å². The smallest absolute Gasteiger partial charge is 0.329 e. The van der Waals surface area contributed by atoms with E-state index >= 15 is 0 Å². The summed E-state index contributed by atoms with van der Waals surface area (Å²) in [5, 5.41) is 9.13. The summed E-state index contributed by atoms with van der Waals surface area (Å²) in [6.45, 7) is 6.73. The normalized spacial score (nSPS) is 17.7. The molecule has 0 bridgehead atoms. The van der Waals surface area contributed by atoms with Crippen LogP contribution in [0.4, 0.5) is 4.79 Å². The Bertz CT molecular complexity index is 320. The van der Waals surface area contributed by atoms with Crippen molar-refractivity contribution in [1.82, 2.24) is 9.80 Å². The van der Waals surface area contributed by atoms with Gasteiger partial charge in [-0.3, -0.25) is 0 Å². The quantitative estimate of drug-likeness (QED) is 0.840. The molecule has 1 heterocycles. The molecule has 0 unspecified atom stereocenters. The average molecular weight is 256 g/mol. The molecule has 0 aromatic carbocycles. The van der Waals surface area contributed by atoms with E-state index in [1.807, 2.05) is 0 Å². The van der Waals surface area contributed by atoms with Crippen LogP contribution in [0.1, 0.15) is 40.0 Å². The van der Waals surface area contributed by atoms with Crippen LogP contribution in [0, 0.1) is 5.92 Å². The topological polar surface area (TPSA) is 60.9 Å². The standard InChI is InChI=1S/C13H24N2O3/c1-5-10-6-8-15(9-7-10)12(18)14(4)13(2,3)11(16)17/h10H,5-9H2,1-4H3,(H,16,17). The number of nitrogens with zero attached hydrogens (tertiary/aromatic N) is 2. The Kier molecular flexibility index (Phi) is 4.59. The molecule has 1 saturated heterocycles. The number of carboxylic acids is 1. The number of hydrogen-bond donors (Lipinski definition) is 1. The van der Waals surface area contributed by atoms with Gasteiger partial charge in [-0.25, -0.2) is 9.59 Å². The minimum Gasteiger partial charge on any atom is -0.480 e. The van der Waals surface area contributed by atoms with Crippen LogP contribution in [-0.4, -0.2) is 52.6 Å². The molecule has 5 heteroatoms. The maximum atomic E-state index is 12.2. The molecule has 104 valence electrons. The zero-order chi connectivity index (χ0) is 13.9. The maximum Gasteiger partial charge on any atom is 0.329 e. The van der Waals surface area contributed by atoms with Crippen LogP contribution in [0.25, 0.3) is 0 Å². The summed E-state index contributed by atoms with van der Waals surface area (Å²) in [7, 11) is 1.56. The van der Waals surface area contributed by atoms with Crippen LogP contribution >= 0.6 is 0 Å². The molecule has 0 saturated carbocycles. The molecule has 18 heavy (non-hydrogen) atoms. The lowest BCUT2D eigenvalue weighted by atomic mass is 9.94. The summed E-state index contributed by atoms with van der Waals surface area (Å²) < 4.78 is 0. The van der Waals surface area contributed by atoms with E-state index in [-0.39, 0.29) is 6.03 Å². The van der Waals surface area contributed by atoms with Gasteiger partial charge in [0.25, 0.3) is 0 Å². The number of aliphatic carboxylic acids is 1. The van der Waals surface area contributed by atoms with Crippen molar-refractivity contribution in [3.63, 3.8) is 0 Å². The minimum absolute atomic E-state index is 0.183. The summed E-state index contributed by atoms with van der Waals surface area (Å²) in [6, 6.07) is -0.183. The third-order valence-corrected chi connectivity index (χ3v) is 4.11. The van der Waals surface area contributed by atoms with E-state index in [9.17, 15) is 9.59 Å². The molecule has 0 spiro atoms. The van der Waals surface area contributed by atoms with Gasteiger partial charge < -0.3 is 14.9 Å². The van der Waals surface area contributed by atoms with Gasteiger partial charge >= 0.3 is 12.0 Å². The van der Waals surface area contributed by atoms with Crippen molar-refractivity contribution in [3.05, 3.63) is 0 Å².